The van der Waals surface area contributed by atoms with Crippen molar-refractivity contribution in [1.82, 2.24) is 4.57 Å². The molecule has 0 amide bonds. The first-order chi connectivity index (χ1) is 25.5. The van der Waals surface area contributed by atoms with Crippen LogP contribution in [0.2, 0.25) is 0 Å². The third-order valence-corrected chi connectivity index (χ3v) is 10.9. The first kappa shape index (κ1) is 32.7. The number of aromatic nitrogens is 1. The largest absolute Gasteiger partial charge is 0.310 e. The first-order valence-corrected chi connectivity index (χ1v) is 17.6. The molecule has 8 aromatic rings. The fraction of sp³-hybridized carbons (Fsp3) is 0.106. The second kappa shape index (κ2) is 12.0. The van der Waals surface area contributed by atoms with E-state index in [0.29, 0.717) is 5.69 Å². The molecule has 1 aromatic heterocycles. The lowest BCUT2D eigenvalue weighted by Crippen LogP contribution is -2.17. The third-order valence-electron chi connectivity index (χ3n) is 10.9. The Hall–Kier alpha value is -6.14. The van der Waals surface area contributed by atoms with Crippen molar-refractivity contribution in [1.29, 1.82) is 0 Å². The van der Waals surface area contributed by atoms with Gasteiger partial charge in [0.15, 0.2) is 0 Å². The zero-order valence-corrected chi connectivity index (χ0v) is 29.6. The number of rotatable bonds is 5. The van der Waals surface area contributed by atoms with Crippen molar-refractivity contribution in [2.24, 2.45) is 0 Å². The van der Waals surface area contributed by atoms with Gasteiger partial charge in [0.05, 0.1) is 22.4 Å². The molecule has 53 heavy (non-hydrogen) atoms. The molecule has 7 aromatic carbocycles. The van der Waals surface area contributed by atoms with Crippen molar-refractivity contribution in [2.45, 2.75) is 33.1 Å². The summed E-state index contributed by atoms with van der Waals surface area (Å²) in [7, 11) is 0. The van der Waals surface area contributed by atoms with Gasteiger partial charge in [0.2, 0.25) is 0 Å². The van der Waals surface area contributed by atoms with E-state index in [9.17, 15) is 17.6 Å². The second-order valence-electron chi connectivity index (χ2n) is 14.4. The summed E-state index contributed by atoms with van der Waals surface area (Å²) in [5, 5.41) is 2.33. The van der Waals surface area contributed by atoms with Crippen LogP contribution in [0.1, 0.15) is 36.1 Å². The Morgan fingerprint density at radius 2 is 1.11 bits per heavy atom. The van der Waals surface area contributed by atoms with Gasteiger partial charge >= 0.3 is 0 Å². The van der Waals surface area contributed by atoms with E-state index >= 15 is 0 Å². The Kier molecular flexibility index (Phi) is 7.39. The monoisotopic (exact) mass is 702 g/mol. The van der Waals surface area contributed by atoms with E-state index in [2.05, 4.69) is 99.0 Å². The van der Waals surface area contributed by atoms with Crippen molar-refractivity contribution in [3.8, 4) is 27.9 Å². The lowest BCUT2D eigenvalue weighted by atomic mass is 9.79. The molecule has 0 saturated heterocycles. The van der Waals surface area contributed by atoms with Gasteiger partial charge in [-0.05, 0) is 119 Å². The molecule has 1 aliphatic rings. The average Bonchev–Trinajstić information content (AvgIpc) is 3.60. The summed E-state index contributed by atoms with van der Waals surface area (Å²) in [6.07, 6.45) is 0. The van der Waals surface area contributed by atoms with Crippen LogP contribution in [0.3, 0.4) is 0 Å². The Bertz CT molecular complexity index is 2670. The molecule has 0 N–H and O–H groups in total. The average molecular weight is 703 g/mol. The maximum absolute atomic E-state index is 14.4. The maximum Gasteiger partial charge on any atom is 0.128 e. The molecule has 0 spiro atoms. The Morgan fingerprint density at radius 3 is 1.74 bits per heavy atom. The number of benzene rings is 7. The summed E-state index contributed by atoms with van der Waals surface area (Å²) in [6.45, 7) is 9.15. The summed E-state index contributed by atoms with van der Waals surface area (Å²) in [5.41, 5.74) is 13.6. The van der Waals surface area contributed by atoms with E-state index in [0.717, 1.165) is 64.1 Å². The van der Waals surface area contributed by atoms with E-state index in [1.165, 1.54) is 49.2 Å². The minimum atomic E-state index is -0.801. The predicted molar refractivity (Wildman–Crippen MR) is 208 cm³/mol. The van der Waals surface area contributed by atoms with Crippen LogP contribution in [0, 0.1) is 37.1 Å². The van der Waals surface area contributed by atoms with Crippen LogP contribution in [-0.2, 0) is 5.41 Å². The molecule has 0 saturated carbocycles. The van der Waals surface area contributed by atoms with Gasteiger partial charge in [-0.15, -0.1) is 0 Å². The summed E-state index contributed by atoms with van der Waals surface area (Å²) >= 11 is 0. The number of aryl methyl sites for hydroxylation is 2. The number of nitrogens with zero attached hydrogens (tertiary/aromatic N) is 2. The van der Waals surface area contributed by atoms with E-state index in [4.69, 9.17) is 0 Å². The van der Waals surface area contributed by atoms with Gasteiger partial charge in [-0.25, -0.2) is 17.6 Å². The normalized spacial score (nSPS) is 13.1. The van der Waals surface area contributed by atoms with Gasteiger partial charge in [-0.3, -0.25) is 0 Å². The molecule has 1 heterocycles. The predicted octanol–water partition coefficient (Wildman–Crippen LogP) is 13.4. The highest BCUT2D eigenvalue weighted by Crippen LogP contribution is 2.55. The van der Waals surface area contributed by atoms with Gasteiger partial charge in [0, 0.05) is 39.7 Å². The van der Waals surface area contributed by atoms with Crippen molar-refractivity contribution < 1.29 is 17.6 Å². The Labute approximate surface area is 305 Å². The molecule has 0 atom stereocenters. The van der Waals surface area contributed by atoms with Gasteiger partial charge in [-0.2, -0.15) is 0 Å². The number of halogens is 4. The maximum atomic E-state index is 14.4. The van der Waals surface area contributed by atoms with Crippen LogP contribution in [0.5, 0.6) is 0 Å². The van der Waals surface area contributed by atoms with Crippen LogP contribution in [0.4, 0.5) is 34.6 Å². The minimum Gasteiger partial charge on any atom is -0.310 e. The van der Waals surface area contributed by atoms with E-state index in [1.54, 1.807) is 12.1 Å². The quantitative estimate of drug-likeness (QED) is 0.162. The molecule has 6 heteroatoms. The summed E-state index contributed by atoms with van der Waals surface area (Å²) in [4.78, 5) is 1.44. The number of hydrogen-bond donors (Lipinski definition) is 0. The van der Waals surface area contributed by atoms with E-state index in [1.807, 2.05) is 18.2 Å². The van der Waals surface area contributed by atoms with E-state index < -0.39 is 23.3 Å². The lowest BCUT2D eigenvalue weighted by molar-refractivity contribution is 0.582. The standard InChI is InChI=1S/C47H34F4N2/c1-27-43-39-12-8-9-13-41(39)47(3,4)45(43)28(2)46-44(27)40-20-30(16-19-42(40)53(46)35-10-6-5-7-11-35)29-14-17-36(18-15-29)52(37-23-31(48)21-32(49)24-37)38-25-33(50)22-34(51)26-38/h5-26H,1-4H3. The molecule has 9 rings (SSSR count). The zero-order chi connectivity index (χ0) is 36.8. The van der Waals surface area contributed by atoms with Gasteiger partial charge in [0.25, 0.3) is 0 Å². The molecule has 1 aliphatic carbocycles. The molecule has 260 valence electrons. The molecular formula is C47H34F4N2. The molecule has 0 fully saturated rings. The van der Waals surface area contributed by atoms with Crippen LogP contribution < -0.4 is 4.90 Å². The third kappa shape index (κ3) is 5.07. The van der Waals surface area contributed by atoms with Crippen LogP contribution in [-0.4, -0.2) is 4.57 Å². The summed E-state index contributed by atoms with van der Waals surface area (Å²) in [5.74, 6) is -3.20. The Morgan fingerprint density at radius 1 is 0.547 bits per heavy atom. The molecule has 0 bridgehead atoms. The SMILES string of the molecule is Cc1c2c(c(C)c3c1c1cc(-c4ccc(N(c5cc(F)cc(F)c5)c5cc(F)cc(F)c5)cc4)ccc1n3-c1ccccc1)C(C)(C)c1ccccc1-2. The molecular weight excluding hydrogens is 669 g/mol. The number of fused-ring (bicyclic) bond motifs is 6. The van der Waals surface area contributed by atoms with Crippen LogP contribution in [0.25, 0.3) is 49.7 Å². The highest BCUT2D eigenvalue weighted by molar-refractivity contribution is 6.16. The number of hydrogen-bond acceptors (Lipinski definition) is 1. The van der Waals surface area contributed by atoms with Crippen molar-refractivity contribution in [2.75, 3.05) is 4.90 Å². The highest BCUT2D eigenvalue weighted by Gasteiger charge is 2.39. The fourth-order valence-electron chi connectivity index (χ4n) is 8.75. The van der Waals surface area contributed by atoms with Gasteiger partial charge in [0.1, 0.15) is 23.3 Å². The first-order valence-electron chi connectivity index (χ1n) is 17.6. The number of para-hydroxylation sites is 1. The topological polar surface area (TPSA) is 8.17 Å². The second-order valence-corrected chi connectivity index (χ2v) is 14.4. The summed E-state index contributed by atoms with van der Waals surface area (Å²) < 4.78 is 60.1. The lowest BCUT2D eigenvalue weighted by Gasteiger charge is -2.26. The molecule has 0 radical (unpaired) electrons. The smallest absolute Gasteiger partial charge is 0.128 e. The van der Waals surface area contributed by atoms with Crippen LogP contribution in [0.15, 0.2) is 133 Å². The van der Waals surface area contributed by atoms with Crippen LogP contribution >= 0.6 is 0 Å². The Balaban J connectivity index is 1.24. The highest BCUT2D eigenvalue weighted by atomic mass is 19.1. The van der Waals surface area contributed by atoms with E-state index in [-0.39, 0.29) is 16.8 Å². The minimum absolute atomic E-state index is 0.0959. The van der Waals surface area contributed by atoms with Gasteiger partial charge in [-0.1, -0.05) is 74.5 Å². The molecule has 0 unspecified atom stereocenters. The zero-order valence-electron chi connectivity index (χ0n) is 29.6. The van der Waals surface area contributed by atoms with Crippen molar-refractivity contribution in [3.63, 3.8) is 0 Å². The molecule has 0 aliphatic heterocycles. The fourth-order valence-corrected chi connectivity index (χ4v) is 8.75. The van der Waals surface area contributed by atoms with Crippen molar-refractivity contribution in [3.05, 3.63) is 179 Å². The summed E-state index contributed by atoms with van der Waals surface area (Å²) in [6, 6.07) is 39.2. The number of anilines is 3. The van der Waals surface area contributed by atoms with Gasteiger partial charge < -0.3 is 9.47 Å². The van der Waals surface area contributed by atoms with Crippen molar-refractivity contribution >= 4 is 38.9 Å². The molecule has 2 nitrogen and oxygen atoms in total.